The molecule has 9 heteroatoms. The van der Waals surface area contributed by atoms with Gasteiger partial charge in [-0.25, -0.2) is 9.97 Å². The third kappa shape index (κ3) is 6.94. The molecule has 0 saturated heterocycles. The molecule has 1 atom stereocenters. The summed E-state index contributed by atoms with van der Waals surface area (Å²) in [6.45, 7) is 14.0. The molecule has 258 valence electrons. The van der Waals surface area contributed by atoms with Crippen LogP contribution in [0.25, 0.3) is 44.2 Å². The number of aromatic amines is 2. The van der Waals surface area contributed by atoms with E-state index in [1.165, 1.54) is 0 Å². The molecule has 0 aliphatic carbocycles. The molecule has 2 aromatic heterocycles. The molecule has 9 nitrogen and oxygen atoms in total. The predicted octanol–water partition coefficient (Wildman–Crippen LogP) is 8.91. The first-order chi connectivity index (χ1) is 23.8. The standard InChI is InChI=1S/C40H50N6O3/c1-7-12-38(47)45(25(6)9-3)22-36-41-21-34(43-36)27-14-16-30-28(18-27)24-49-35-20-31-26(19-32(30)35)15-17-33-40(31)44-37(42-33)23-46(29(10-4)11-5)39(48)13-8-2/h14-21,25,29H,7-13,22-24H2,1-6H3,(H,41,43)(H,42,44)/t25-/m0/s1. The summed E-state index contributed by atoms with van der Waals surface area (Å²) in [5.74, 6) is 2.79. The fourth-order valence-electron chi connectivity index (χ4n) is 7.07. The summed E-state index contributed by atoms with van der Waals surface area (Å²) in [7, 11) is 0. The lowest BCUT2D eigenvalue weighted by Crippen LogP contribution is -2.39. The van der Waals surface area contributed by atoms with Crippen molar-refractivity contribution in [3.05, 3.63) is 65.9 Å². The molecule has 3 heterocycles. The largest absolute Gasteiger partial charge is 0.488 e. The maximum Gasteiger partial charge on any atom is 0.223 e. The molecule has 0 fully saturated rings. The van der Waals surface area contributed by atoms with E-state index >= 15 is 0 Å². The van der Waals surface area contributed by atoms with Crippen LogP contribution in [0.4, 0.5) is 0 Å². The average Bonchev–Trinajstić information content (AvgIpc) is 3.76. The van der Waals surface area contributed by atoms with Crippen LogP contribution in [0, 0.1) is 0 Å². The zero-order valence-electron chi connectivity index (χ0n) is 29.9. The minimum atomic E-state index is 0.155. The Morgan fingerprint density at radius 3 is 2.29 bits per heavy atom. The Hall–Kier alpha value is -4.66. The number of hydrogen-bond donors (Lipinski definition) is 2. The Bertz CT molecular complexity index is 1950. The van der Waals surface area contributed by atoms with Gasteiger partial charge in [-0.2, -0.15) is 0 Å². The van der Waals surface area contributed by atoms with Crippen molar-refractivity contribution in [3.8, 4) is 28.1 Å². The topological polar surface area (TPSA) is 107 Å². The molecule has 0 saturated carbocycles. The van der Waals surface area contributed by atoms with Crippen LogP contribution in [0.5, 0.6) is 5.75 Å². The van der Waals surface area contributed by atoms with E-state index in [1.807, 2.05) is 29.8 Å². The molecule has 1 aliphatic rings. The highest BCUT2D eigenvalue weighted by atomic mass is 16.5. The zero-order valence-corrected chi connectivity index (χ0v) is 29.9. The lowest BCUT2D eigenvalue weighted by molar-refractivity contribution is -0.135. The Morgan fingerprint density at radius 2 is 1.57 bits per heavy atom. The van der Waals surface area contributed by atoms with Gasteiger partial charge in [0, 0.05) is 35.9 Å². The highest BCUT2D eigenvalue weighted by Crippen LogP contribution is 2.42. The molecule has 1 aliphatic heterocycles. The molecule has 0 bridgehead atoms. The van der Waals surface area contributed by atoms with Crippen LogP contribution < -0.4 is 4.74 Å². The van der Waals surface area contributed by atoms with Crippen LogP contribution in [0.2, 0.25) is 0 Å². The molecule has 0 spiro atoms. The molecule has 5 aromatic rings. The first kappa shape index (κ1) is 34.2. The summed E-state index contributed by atoms with van der Waals surface area (Å²) in [5, 5.41) is 2.15. The number of benzene rings is 3. The third-order valence-electron chi connectivity index (χ3n) is 10.1. The number of fused-ring (bicyclic) bond motifs is 6. The number of imidazole rings is 2. The van der Waals surface area contributed by atoms with Crippen molar-refractivity contribution >= 4 is 33.6 Å². The first-order valence-corrected chi connectivity index (χ1v) is 18.1. The molecule has 2 N–H and O–H groups in total. The van der Waals surface area contributed by atoms with Gasteiger partial charge in [-0.15, -0.1) is 0 Å². The van der Waals surface area contributed by atoms with E-state index in [-0.39, 0.29) is 23.9 Å². The van der Waals surface area contributed by atoms with Crippen molar-refractivity contribution in [1.29, 1.82) is 0 Å². The van der Waals surface area contributed by atoms with Gasteiger partial charge in [0.1, 0.15) is 24.0 Å². The van der Waals surface area contributed by atoms with Gasteiger partial charge >= 0.3 is 0 Å². The molecule has 0 unspecified atom stereocenters. The summed E-state index contributed by atoms with van der Waals surface area (Å²) >= 11 is 0. The van der Waals surface area contributed by atoms with Gasteiger partial charge in [0.25, 0.3) is 0 Å². The van der Waals surface area contributed by atoms with Crippen LogP contribution in [0.3, 0.4) is 0 Å². The van der Waals surface area contributed by atoms with E-state index in [9.17, 15) is 9.59 Å². The van der Waals surface area contributed by atoms with E-state index in [0.29, 0.717) is 32.5 Å². The van der Waals surface area contributed by atoms with Gasteiger partial charge in [0.05, 0.1) is 36.0 Å². The fourth-order valence-corrected chi connectivity index (χ4v) is 7.07. The lowest BCUT2D eigenvalue weighted by atomic mass is 9.92. The van der Waals surface area contributed by atoms with Gasteiger partial charge in [0.2, 0.25) is 11.8 Å². The highest BCUT2D eigenvalue weighted by Gasteiger charge is 2.24. The van der Waals surface area contributed by atoms with Gasteiger partial charge in [0.15, 0.2) is 0 Å². The third-order valence-corrected chi connectivity index (χ3v) is 10.1. The Kier molecular flexibility index (Phi) is 10.4. The average molecular weight is 663 g/mol. The van der Waals surface area contributed by atoms with Gasteiger partial charge in [-0.05, 0) is 85.4 Å². The van der Waals surface area contributed by atoms with E-state index in [2.05, 4.69) is 85.1 Å². The van der Waals surface area contributed by atoms with Crippen LogP contribution in [-0.2, 0) is 29.3 Å². The Morgan fingerprint density at radius 1 is 0.837 bits per heavy atom. The van der Waals surface area contributed by atoms with Gasteiger partial charge in [-0.1, -0.05) is 52.8 Å². The first-order valence-electron chi connectivity index (χ1n) is 18.1. The number of hydrogen-bond acceptors (Lipinski definition) is 5. The van der Waals surface area contributed by atoms with Crippen molar-refractivity contribution in [1.82, 2.24) is 29.7 Å². The number of H-pyrrole nitrogens is 2. The maximum atomic E-state index is 13.1. The summed E-state index contributed by atoms with van der Waals surface area (Å²) in [4.78, 5) is 46.4. The number of aromatic nitrogens is 4. The second-order valence-corrected chi connectivity index (χ2v) is 13.4. The second kappa shape index (κ2) is 14.8. The van der Waals surface area contributed by atoms with Crippen LogP contribution in [0.15, 0.2) is 48.7 Å². The van der Waals surface area contributed by atoms with Crippen LogP contribution >= 0.6 is 0 Å². The molecule has 2 amide bonds. The monoisotopic (exact) mass is 662 g/mol. The molecule has 3 aromatic carbocycles. The SMILES string of the molecule is CCCC(=O)N(Cc1nc2ccc3cc4c(cc3c2[nH]1)OCc1cc(-c2cnc(CN(C(=O)CCC)[C@@H](C)CC)[nH]2)ccc1-4)C(CC)CC. The Balaban J connectivity index is 1.26. The molecule has 0 radical (unpaired) electrons. The fraction of sp³-hybridized carbons (Fsp3) is 0.450. The quantitative estimate of drug-likeness (QED) is 0.124. The van der Waals surface area contributed by atoms with E-state index in [0.717, 1.165) is 99.3 Å². The number of carbonyl (C=O) groups excluding carboxylic acids is 2. The number of carbonyl (C=O) groups is 2. The smallest absolute Gasteiger partial charge is 0.223 e. The van der Waals surface area contributed by atoms with E-state index < -0.39 is 0 Å². The van der Waals surface area contributed by atoms with E-state index in [1.54, 1.807) is 0 Å². The normalized spacial score (nSPS) is 13.0. The summed E-state index contributed by atoms with van der Waals surface area (Å²) in [6, 6.07) is 15.3. The number of nitrogens with one attached hydrogen (secondary N) is 2. The van der Waals surface area contributed by atoms with Crippen molar-refractivity contribution in [2.24, 2.45) is 0 Å². The van der Waals surface area contributed by atoms with Crippen molar-refractivity contribution < 1.29 is 14.3 Å². The van der Waals surface area contributed by atoms with Gasteiger partial charge in [-0.3, -0.25) is 9.59 Å². The van der Waals surface area contributed by atoms with Gasteiger partial charge < -0.3 is 24.5 Å². The highest BCUT2D eigenvalue weighted by molar-refractivity contribution is 6.07. The predicted molar refractivity (Wildman–Crippen MR) is 196 cm³/mol. The Labute approximate surface area is 289 Å². The number of rotatable bonds is 14. The minimum absolute atomic E-state index is 0.155. The maximum absolute atomic E-state index is 13.1. The zero-order chi connectivity index (χ0) is 34.7. The van der Waals surface area contributed by atoms with Crippen molar-refractivity contribution in [2.75, 3.05) is 0 Å². The van der Waals surface area contributed by atoms with Crippen molar-refractivity contribution in [2.45, 2.75) is 118 Å². The van der Waals surface area contributed by atoms with E-state index in [4.69, 9.17) is 9.72 Å². The lowest BCUT2D eigenvalue weighted by Gasteiger charge is -2.30. The number of ether oxygens (including phenoxy) is 1. The molecular formula is C40H50N6O3. The molecular weight excluding hydrogens is 612 g/mol. The summed E-state index contributed by atoms with van der Waals surface area (Å²) < 4.78 is 6.38. The number of amides is 2. The second-order valence-electron chi connectivity index (χ2n) is 13.4. The van der Waals surface area contributed by atoms with Crippen LogP contribution in [-0.4, -0.2) is 53.6 Å². The minimum Gasteiger partial charge on any atom is -0.488 e. The molecule has 49 heavy (non-hydrogen) atoms. The molecule has 6 rings (SSSR count). The van der Waals surface area contributed by atoms with Crippen LogP contribution in [0.1, 0.15) is 104 Å². The summed E-state index contributed by atoms with van der Waals surface area (Å²) in [6.07, 6.45) is 7.36. The van der Waals surface area contributed by atoms with Crippen molar-refractivity contribution in [3.63, 3.8) is 0 Å². The summed E-state index contributed by atoms with van der Waals surface area (Å²) in [5.41, 5.74) is 7.14. The number of nitrogens with zero attached hydrogens (tertiary/aromatic N) is 4.